The third-order valence-corrected chi connectivity index (χ3v) is 8.00. The van der Waals surface area contributed by atoms with E-state index in [1.807, 2.05) is 73.0 Å². The van der Waals surface area contributed by atoms with Crippen molar-refractivity contribution in [1.82, 2.24) is 19.5 Å². The molecule has 0 N–H and O–H groups in total. The van der Waals surface area contributed by atoms with Gasteiger partial charge in [-0.2, -0.15) is 0 Å². The average molecular weight is 569 g/mol. The number of imidazole rings is 1. The van der Waals surface area contributed by atoms with Crippen molar-refractivity contribution in [1.29, 1.82) is 0 Å². The third-order valence-electron chi connectivity index (χ3n) is 7.72. The van der Waals surface area contributed by atoms with E-state index >= 15 is 0 Å². The first-order valence-corrected chi connectivity index (χ1v) is 14.0. The summed E-state index contributed by atoms with van der Waals surface area (Å²) in [5.41, 5.74) is 3.22. The van der Waals surface area contributed by atoms with Gasteiger partial charge in [0.15, 0.2) is 22.8 Å². The monoisotopic (exact) mass is 568 g/mol. The van der Waals surface area contributed by atoms with Crippen LogP contribution >= 0.6 is 11.6 Å². The summed E-state index contributed by atoms with van der Waals surface area (Å²) < 4.78 is 28.4. The maximum absolute atomic E-state index is 7.09. The lowest BCUT2D eigenvalue weighted by Gasteiger charge is -2.37. The minimum atomic E-state index is -0.891. The van der Waals surface area contributed by atoms with E-state index in [1.165, 1.54) is 6.33 Å². The second-order valence-electron chi connectivity index (χ2n) is 10.7. The highest BCUT2D eigenvalue weighted by Crippen LogP contribution is 2.46. The Balaban J connectivity index is 1.28. The predicted molar refractivity (Wildman–Crippen MR) is 153 cm³/mol. The SMILES string of the molecule is CC1(C)O[C@@H]2[C@H](O1)[C@@H](COC(c1ccccc1)(c1ccccc1)c1ccccc1)O[C@H]2n1cnc2c(Cl)ncnc21. The summed E-state index contributed by atoms with van der Waals surface area (Å²) in [6.45, 7) is 4.05. The van der Waals surface area contributed by atoms with Crippen LogP contribution in [-0.2, 0) is 24.5 Å². The summed E-state index contributed by atoms with van der Waals surface area (Å²) in [6.07, 6.45) is 1.28. The number of halogens is 1. The fourth-order valence-electron chi connectivity index (χ4n) is 6.00. The molecule has 5 aromatic rings. The van der Waals surface area contributed by atoms with Gasteiger partial charge in [0.1, 0.15) is 35.8 Å². The molecule has 0 radical (unpaired) electrons. The van der Waals surface area contributed by atoms with Crippen LogP contribution < -0.4 is 0 Å². The summed E-state index contributed by atoms with van der Waals surface area (Å²) in [7, 11) is 0. The van der Waals surface area contributed by atoms with Gasteiger partial charge in [0.2, 0.25) is 0 Å². The van der Waals surface area contributed by atoms with Crippen LogP contribution in [0, 0.1) is 0 Å². The van der Waals surface area contributed by atoms with E-state index in [1.54, 1.807) is 6.33 Å². The molecule has 0 aliphatic carbocycles. The molecular weight excluding hydrogens is 540 g/mol. The molecule has 2 aliphatic rings. The summed E-state index contributed by atoms with van der Waals surface area (Å²) in [4.78, 5) is 12.9. The minimum Gasteiger partial charge on any atom is -0.358 e. The molecule has 0 amide bonds. The first-order valence-electron chi connectivity index (χ1n) is 13.6. The number of aromatic nitrogens is 4. The zero-order chi connectivity index (χ0) is 28.0. The molecule has 2 fully saturated rings. The van der Waals surface area contributed by atoms with Crippen LogP contribution in [0.1, 0.15) is 36.8 Å². The topological polar surface area (TPSA) is 80.5 Å². The van der Waals surface area contributed by atoms with Crippen molar-refractivity contribution in [3.63, 3.8) is 0 Å². The second-order valence-corrected chi connectivity index (χ2v) is 11.1. The van der Waals surface area contributed by atoms with E-state index in [4.69, 9.17) is 30.5 Å². The van der Waals surface area contributed by atoms with Gasteiger partial charge in [-0.05, 0) is 30.5 Å². The maximum atomic E-state index is 7.09. The molecule has 4 atom stereocenters. The summed E-state index contributed by atoms with van der Waals surface area (Å²) in [5.74, 6) is -0.798. The molecule has 4 heterocycles. The van der Waals surface area contributed by atoms with Crippen LogP contribution in [0.4, 0.5) is 0 Å². The van der Waals surface area contributed by atoms with Gasteiger partial charge in [-0.25, -0.2) is 15.0 Å². The minimum absolute atomic E-state index is 0.234. The summed E-state index contributed by atoms with van der Waals surface area (Å²) >= 11 is 6.29. The molecule has 2 aliphatic heterocycles. The van der Waals surface area contributed by atoms with E-state index in [-0.39, 0.29) is 17.9 Å². The Bertz CT molecular complexity index is 1550. The first-order chi connectivity index (χ1) is 20.0. The largest absolute Gasteiger partial charge is 0.358 e. The molecular formula is C32H29ClN4O4. The zero-order valence-corrected chi connectivity index (χ0v) is 23.4. The van der Waals surface area contributed by atoms with Crippen molar-refractivity contribution in [2.75, 3.05) is 6.61 Å². The predicted octanol–water partition coefficient (Wildman–Crippen LogP) is 5.91. The highest BCUT2D eigenvalue weighted by molar-refractivity contribution is 6.33. The number of hydrogen-bond donors (Lipinski definition) is 0. The Morgan fingerprint density at radius 1 is 0.805 bits per heavy atom. The van der Waals surface area contributed by atoms with E-state index in [0.717, 1.165) is 16.7 Å². The molecule has 9 heteroatoms. The van der Waals surface area contributed by atoms with E-state index in [2.05, 4.69) is 51.4 Å². The Labute approximate surface area is 242 Å². The number of rotatable bonds is 7. The van der Waals surface area contributed by atoms with Crippen molar-refractivity contribution in [3.8, 4) is 0 Å². The van der Waals surface area contributed by atoms with Crippen molar-refractivity contribution in [3.05, 3.63) is 125 Å². The number of hydrogen-bond acceptors (Lipinski definition) is 7. The van der Waals surface area contributed by atoms with Crippen molar-refractivity contribution in [2.24, 2.45) is 0 Å². The Morgan fingerprint density at radius 3 is 1.95 bits per heavy atom. The lowest BCUT2D eigenvalue weighted by molar-refractivity contribution is -0.204. The fraction of sp³-hybridized carbons (Fsp3) is 0.281. The van der Waals surface area contributed by atoms with E-state index in [9.17, 15) is 0 Å². The Morgan fingerprint density at radius 2 is 1.37 bits per heavy atom. The molecule has 0 bridgehead atoms. The van der Waals surface area contributed by atoms with E-state index in [0.29, 0.717) is 11.2 Å². The number of benzene rings is 3. The van der Waals surface area contributed by atoms with Crippen LogP contribution in [0.5, 0.6) is 0 Å². The lowest BCUT2D eigenvalue weighted by atomic mass is 9.80. The molecule has 8 nitrogen and oxygen atoms in total. The standard InChI is InChI=1S/C32H29ClN4O4/c1-31(2)40-26-24(39-30(27(26)41-31)37-20-36-25-28(33)34-19-35-29(25)37)18-38-32(21-12-6-3-7-13-21,22-14-8-4-9-15-22)23-16-10-5-11-17-23/h3-17,19-20,24,26-27,30H,18H2,1-2H3/t24-,26-,27-,30-/m1/s1. The normalized spacial score (nSPS) is 23.6. The molecule has 2 aromatic heterocycles. The Hall–Kier alpha value is -3.66. The molecule has 208 valence electrons. The number of ether oxygens (including phenoxy) is 4. The van der Waals surface area contributed by atoms with Crippen LogP contribution in [0.3, 0.4) is 0 Å². The van der Waals surface area contributed by atoms with E-state index < -0.39 is 29.8 Å². The molecule has 41 heavy (non-hydrogen) atoms. The maximum Gasteiger partial charge on any atom is 0.167 e. The fourth-order valence-corrected chi connectivity index (χ4v) is 6.18. The highest BCUT2D eigenvalue weighted by atomic mass is 35.5. The quantitative estimate of drug-likeness (QED) is 0.178. The summed E-state index contributed by atoms with van der Waals surface area (Å²) in [5, 5.41) is 0.283. The molecule has 7 rings (SSSR count). The number of fused-ring (bicyclic) bond motifs is 2. The van der Waals surface area contributed by atoms with Crippen LogP contribution in [-0.4, -0.2) is 50.2 Å². The molecule has 0 unspecified atom stereocenters. The van der Waals surface area contributed by atoms with Gasteiger partial charge in [-0.3, -0.25) is 4.57 Å². The van der Waals surface area contributed by atoms with Crippen LogP contribution in [0.25, 0.3) is 11.2 Å². The number of nitrogens with zero attached hydrogens (tertiary/aromatic N) is 4. The molecule has 0 saturated carbocycles. The van der Waals surface area contributed by atoms with Crippen molar-refractivity contribution < 1.29 is 18.9 Å². The second kappa shape index (κ2) is 10.3. The molecule has 3 aromatic carbocycles. The van der Waals surface area contributed by atoms with Gasteiger partial charge < -0.3 is 18.9 Å². The average Bonchev–Trinajstić information content (AvgIpc) is 3.67. The van der Waals surface area contributed by atoms with Crippen LogP contribution in [0.2, 0.25) is 5.15 Å². The van der Waals surface area contributed by atoms with Crippen LogP contribution in [0.15, 0.2) is 104 Å². The lowest BCUT2D eigenvalue weighted by Crippen LogP contribution is -2.39. The van der Waals surface area contributed by atoms with Gasteiger partial charge in [0.25, 0.3) is 0 Å². The van der Waals surface area contributed by atoms with Gasteiger partial charge in [0, 0.05) is 0 Å². The molecule has 2 saturated heterocycles. The first kappa shape index (κ1) is 26.3. The zero-order valence-electron chi connectivity index (χ0n) is 22.6. The van der Waals surface area contributed by atoms with Gasteiger partial charge in [0.05, 0.1) is 12.9 Å². The highest BCUT2D eigenvalue weighted by Gasteiger charge is 2.57. The van der Waals surface area contributed by atoms with Gasteiger partial charge >= 0.3 is 0 Å². The third kappa shape index (κ3) is 4.52. The van der Waals surface area contributed by atoms with Gasteiger partial charge in [-0.1, -0.05) is 103 Å². The van der Waals surface area contributed by atoms with Crippen molar-refractivity contribution >= 4 is 22.8 Å². The van der Waals surface area contributed by atoms with Crippen molar-refractivity contribution in [2.45, 2.75) is 49.8 Å². The molecule has 0 spiro atoms. The van der Waals surface area contributed by atoms with Gasteiger partial charge in [-0.15, -0.1) is 0 Å². The Kier molecular flexibility index (Phi) is 6.60. The summed E-state index contributed by atoms with van der Waals surface area (Å²) in [6, 6.07) is 30.8. The smallest absolute Gasteiger partial charge is 0.167 e.